The number of carbonyl (C=O) groups excluding carboxylic acids is 1. The summed E-state index contributed by atoms with van der Waals surface area (Å²) in [6, 6.07) is 11.6. The summed E-state index contributed by atoms with van der Waals surface area (Å²) >= 11 is 0. The topological polar surface area (TPSA) is 124 Å². The van der Waals surface area contributed by atoms with Gasteiger partial charge in [-0.05, 0) is 43.2 Å². The number of methoxy groups -OCH3 is 2. The Morgan fingerprint density at radius 3 is 2.52 bits per heavy atom. The van der Waals surface area contributed by atoms with E-state index in [0.717, 1.165) is 0 Å². The van der Waals surface area contributed by atoms with E-state index in [1.165, 1.54) is 37.1 Å². The van der Waals surface area contributed by atoms with Gasteiger partial charge >= 0.3 is 0 Å². The lowest BCUT2D eigenvalue weighted by molar-refractivity contribution is -0.120. The quantitative estimate of drug-likeness (QED) is 0.557. The van der Waals surface area contributed by atoms with E-state index in [9.17, 15) is 13.2 Å². The summed E-state index contributed by atoms with van der Waals surface area (Å²) < 4.78 is 43.2. The number of sulfonamides is 1. The summed E-state index contributed by atoms with van der Waals surface area (Å²) in [5.41, 5.74) is 1.30. The van der Waals surface area contributed by atoms with Crippen molar-refractivity contribution in [3.05, 3.63) is 48.9 Å². The van der Waals surface area contributed by atoms with Crippen LogP contribution in [-0.2, 0) is 14.8 Å². The van der Waals surface area contributed by atoms with E-state index in [0.29, 0.717) is 41.5 Å². The molecule has 1 aliphatic heterocycles. The average Bonchev–Trinajstić information content (AvgIpc) is 3.39. The van der Waals surface area contributed by atoms with Crippen LogP contribution in [0.5, 0.6) is 11.5 Å². The molecule has 174 valence electrons. The molecule has 11 heteroatoms. The second kappa shape index (κ2) is 9.59. The molecule has 1 aromatic heterocycles. The van der Waals surface area contributed by atoms with Gasteiger partial charge < -0.3 is 19.2 Å². The Balaban J connectivity index is 1.39. The highest BCUT2D eigenvalue weighted by Gasteiger charge is 2.32. The molecule has 0 unspecified atom stereocenters. The van der Waals surface area contributed by atoms with E-state index in [-0.39, 0.29) is 29.8 Å². The summed E-state index contributed by atoms with van der Waals surface area (Å²) in [4.78, 5) is 12.9. The van der Waals surface area contributed by atoms with Crippen molar-refractivity contribution in [2.24, 2.45) is 5.92 Å². The lowest BCUT2D eigenvalue weighted by atomic mass is 9.97. The van der Waals surface area contributed by atoms with E-state index in [1.807, 2.05) is 0 Å². The first-order valence-corrected chi connectivity index (χ1v) is 11.8. The van der Waals surface area contributed by atoms with Gasteiger partial charge in [-0.1, -0.05) is 6.07 Å². The van der Waals surface area contributed by atoms with E-state index < -0.39 is 10.0 Å². The summed E-state index contributed by atoms with van der Waals surface area (Å²) in [5.74, 6) is 0.708. The van der Waals surface area contributed by atoms with Gasteiger partial charge in [-0.2, -0.15) is 4.31 Å². The molecule has 10 nitrogen and oxygen atoms in total. The Morgan fingerprint density at radius 1 is 1.09 bits per heavy atom. The molecule has 0 bridgehead atoms. The van der Waals surface area contributed by atoms with Gasteiger partial charge in [0.15, 0.2) is 11.5 Å². The number of amides is 1. The van der Waals surface area contributed by atoms with Crippen molar-refractivity contribution >= 4 is 21.6 Å². The molecule has 1 amide bonds. The van der Waals surface area contributed by atoms with Crippen LogP contribution in [-0.4, -0.2) is 56.1 Å². The number of anilines is 1. The largest absolute Gasteiger partial charge is 0.493 e. The SMILES string of the molecule is COc1ccc(S(=O)(=O)N2CCC(C(=O)Nc3cccc(-c4nnco4)c3)CC2)cc1OC. The fourth-order valence-electron chi connectivity index (χ4n) is 3.76. The van der Waals surface area contributed by atoms with Gasteiger partial charge in [0.05, 0.1) is 19.1 Å². The number of ether oxygens (including phenoxy) is 2. The number of nitrogens with one attached hydrogen (secondary N) is 1. The third-order valence-electron chi connectivity index (χ3n) is 5.55. The summed E-state index contributed by atoms with van der Waals surface area (Å²) in [7, 11) is -0.772. The molecule has 1 saturated heterocycles. The predicted molar refractivity (Wildman–Crippen MR) is 119 cm³/mol. The maximum atomic E-state index is 13.1. The normalized spacial score (nSPS) is 15.2. The molecule has 0 spiro atoms. The Hall–Kier alpha value is -3.44. The van der Waals surface area contributed by atoms with Crippen molar-refractivity contribution in [2.75, 3.05) is 32.6 Å². The van der Waals surface area contributed by atoms with E-state index in [4.69, 9.17) is 13.9 Å². The molecular weight excluding hydrogens is 448 g/mol. The first-order valence-electron chi connectivity index (χ1n) is 10.3. The van der Waals surface area contributed by atoms with Crippen molar-refractivity contribution in [3.63, 3.8) is 0 Å². The number of aromatic nitrogens is 2. The van der Waals surface area contributed by atoms with Crippen LogP contribution in [0.3, 0.4) is 0 Å². The Morgan fingerprint density at radius 2 is 1.85 bits per heavy atom. The van der Waals surface area contributed by atoms with Gasteiger partial charge in [0, 0.05) is 36.3 Å². The van der Waals surface area contributed by atoms with Crippen LogP contribution in [0.15, 0.2) is 58.2 Å². The van der Waals surface area contributed by atoms with Gasteiger partial charge in [-0.25, -0.2) is 8.42 Å². The van der Waals surface area contributed by atoms with E-state index in [1.54, 1.807) is 30.3 Å². The zero-order valence-corrected chi connectivity index (χ0v) is 19.0. The van der Waals surface area contributed by atoms with Crippen molar-refractivity contribution in [1.29, 1.82) is 0 Å². The minimum absolute atomic E-state index is 0.126. The molecule has 2 aromatic carbocycles. The highest BCUT2D eigenvalue weighted by molar-refractivity contribution is 7.89. The lowest BCUT2D eigenvalue weighted by Crippen LogP contribution is -2.41. The fraction of sp³-hybridized carbons (Fsp3) is 0.318. The maximum absolute atomic E-state index is 13.1. The first-order chi connectivity index (χ1) is 15.9. The zero-order chi connectivity index (χ0) is 23.4. The fourth-order valence-corrected chi connectivity index (χ4v) is 5.24. The van der Waals surface area contributed by atoms with Crippen LogP contribution in [0.4, 0.5) is 5.69 Å². The number of piperidine rings is 1. The Kier molecular flexibility index (Phi) is 6.61. The molecule has 1 N–H and O–H groups in total. The highest BCUT2D eigenvalue weighted by Crippen LogP contribution is 2.32. The highest BCUT2D eigenvalue weighted by atomic mass is 32.2. The average molecular weight is 473 g/mol. The number of benzene rings is 2. The summed E-state index contributed by atoms with van der Waals surface area (Å²) in [6.07, 6.45) is 2.08. The summed E-state index contributed by atoms with van der Waals surface area (Å²) in [5, 5.41) is 10.4. The first kappa shape index (κ1) is 22.7. The second-order valence-electron chi connectivity index (χ2n) is 7.51. The van der Waals surface area contributed by atoms with Crippen molar-refractivity contribution in [3.8, 4) is 23.0 Å². The second-order valence-corrected chi connectivity index (χ2v) is 9.45. The number of rotatable bonds is 7. The molecule has 2 heterocycles. The lowest BCUT2D eigenvalue weighted by Gasteiger charge is -2.30. The van der Waals surface area contributed by atoms with E-state index >= 15 is 0 Å². The van der Waals surface area contributed by atoms with Gasteiger partial charge in [-0.3, -0.25) is 4.79 Å². The molecule has 0 radical (unpaired) electrons. The van der Waals surface area contributed by atoms with Crippen LogP contribution in [0, 0.1) is 5.92 Å². The van der Waals surface area contributed by atoms with Crippen molar-refractivity contribution < 1.29 is 27.1 Å². The van der Waals surface area contributed by atoms with Gasteiger partial charge in [0.2, 0.25) is 28.2 Å². The van der Waals surface area contributed by atoms with E-state index in [2.05, 4.69) is 15.5 Å². The predicted octanol–water partition coefficient (Wildman–Crippen LogP) is 2.79. The third-order valence-corrected chi connectivity index (χ3v) is 7.45. The standard InChI is InChI=1S/C22H24N4O6S/c1-30-19-7-6-18(13-20(19)31-2)33(28,29)26-10-8-15(9-11-26)21(27)24-17-5-3-4-16(12-17)22-25-23-14-32-22/h3-7,12-15H,8-11H2,1-2H3,(H,24,27). The molecule has 33 heavy (non-hydrogen) atoms. The number of nitrogens with zero attached hydrogens (tertiary/aromatic N) is 3. The Labute approximate surface area is 191 Å². The Bertz CT molecular complexity index is 1220. The van der Waals surface area contributed by atoms with Crippen LogP contribution in [0.25, 0.3) is 11.5 Å². The van der Waals surface area contributed by atoms with Crippen molar-refractivity contribution in [2.45, 2.75) is 17.7 Å². The van der Waals surface area contributed by atoms with Crippen LogP contribution in [0.1, 0.15) is 12.8 Å². The number of carbonyl (C=O) groups is 1. The number of hydrogen-bond donors (Lipinski definition) is 1. The smallest absolute Gasteiger partial charge is 0.247 e. The monoisotopic (exact) mass is 472 g/mol. The molecule has 4 rings (SSSR count). The van der Waals surface area contributed by atoms with Crippen molar-refractivity contribution in [1.82, 2.24) is 14.5 Å². The maximum Gasteiger partial charge on any atom is 0.247 e. The van der Waals surface area contributed by atoms with Gasteiger partial charge in [0.1, 0.15) is 0 Å². The molecule has 3 aromatic rings. The molecule has 0 atom stereocenters. The zero-order valence-electron chi connectivity index (χ0n) is 18.2. The van der Waals surface area contributed by atoms with Gasteiger partial charge in [-0.15, -0.1) is 10.2 Å². The van der Waals surface area contributed by atoms with Crippen LogP contribution >= 0.6 is 0 Å². The molecule has 0 saturated carbocycles. The van der Waals surface area contributed by atoms with Crippen LogP contribution < -0.4 is 14.8 Å². The minimum atomic E-state index is -3.72. The van der Waals surface area contributed by atoms with Gasteiger partial charge in [0.25, 0.3) is 0 Å². The minimum Gasteiger partial charge on any atom is -0.493 e. The third kappa shape index (κ3) is 4.83. The molecule has 0 aliphatic carbocycles. The summed E-state index contributed by atoms with van der Waals surface area (Å²) in [6.45, 7) is 0.494. The van der Waals surface area contributed by atoms with Crippen LogP contribution in [0.2, 0.25) is 0 Å². The molecular formula is C22H24N4O6S. The molecule has 1 fully saturated rings. The number of hydrogen-bond acceptors (Lipinski definition) is 8. The molecule has 1 aliphatic rings.